The van der Waals surface area contributed by atoms with E-state index in [4.69, 9.17) is 5.11 Å². The molecular formula is C22H44N2O6. The zero-order valence-electron chi connectivity index (χ0n) is 18.8. The molecule has 8 heteroatoms. The second kappa shape index (κ2) is 23.6. The average Bonchev–Trinajstić information content (AvgIpc) is 2.66. The Morgan fingerprint density at radius 1 is 0.733 bits per heavy atom. The first-order chi connectivity index (χ1) is 14.3. The fourth-order valence-electron chi connectivity index (χ4n) is 2.92. The summed E-state index contributed by atoms with van der Waals surface area (Å²) in [5.41, 5.74) is 9.33. The lowest BCUT2D eigenvalue weighted by Gasteiger charge is -2.10. The Balaban J connectivity index is 0. The molecule has 1 atom stereocenters. The molecular weight excluding hydrogens is 388 g/mol. The maximum absolute atomic E-state index is 10.3. The van der Waals surface area contributed by atoms with Crippen LogP contribution in [0.5, 0.6) is 0 Å². The number of primary amides is 2. The summed E-state index contributed by atoms with van der Waals surface area (Å²) in [6, 6.07) is 0. The van der Waals surface area contributed by atoms with Gasteiger partial charge in [-0.2, -0.15) is 0 Å². The van der Waals surface area contributed by atoms with Gasteiger partial charge in [0, 0.05) is 6.42 Å². The van der Waals surface area contributed by atoms with E-state index in [1.54, 1.807) is 0 Å². The van der Waals surface area contributed by atoms with E-state index in [2.05, 4.69) is 23.1 Å². The standard InChI is InChI=1S/C18H36O3.C4H8N2O3/c1-2-3-4-11-14-17(19)15-12-9-7-5-6-8-10-13-16-18(20)21;5-3(7)1-9-2-4(6)8/h17,19H,2-16H2,1H3,(H,20,21);1-2H2,(H2,5,7)(H2,6,8). The Kier molecular flexibility index (Phi) is 24.0. The van der Waals surface area contributed by atoms with Crippen LogP contribution < -0.4 is 11.5 Å². The van der Waals surface area contributed by atoms with Gasteiger partial charge in [-0.3, -0.25) is 14.4 Å². The van der Waals surface area contributed by atoms with Gasteiger partial charge in [-0.1, -0.05) is 77.6 Å². The van der Waals surface area contributed by atoms with Crippen molar-refractivity contribution in [2.45, 2.75) is 109 Å². The molecule has 1 unspecified atom stereocenters. The third kappa shape index (κ3) is 31.0. The molecule has 0 fully saturated rings. The predicted molar refractivity (Wildman–Crippen MR) is 118 cm³/mol. The van der Waals surface area contributed by atoms with Crippen molar-refractivity contribution < 1.29 is 29.3 Å². The highest BCUT2D eigenvalue weighted by Crippen LogP contribution is 2.14. The number of unbranched alkanes of at least 4 members (excludes halogenated alkanes) is 10. The van der Waals surface area contributed by atoms with Crippen molar-refractivity contribution >= 4 is 17.8 Å². The van der Waals surface area contributed by atoms with Gasteiger partial charge in [0.15, 0.2) is 0 Å². The van der Waals surface area contributed by atoms with Crippen LogP contribution >= 0.6 is 0 Å². The summed E-state index contributed by atoms with van der Waals surface area (Å²) < 4.78 is 4.41. The molecule has 0 saturated heterocycles. The van der Waals surface area contributed by atoms with E-state index in [-0.39, 0.29) is 19.3 Å². The SMILES string of the molecule is CCCCCCC(O)CCCCCCCCCCC(=O)O.NC(=O)COCC(N)=O. The van der Waals surface area contributed by atoms with Gasteiger partial charge in [0.1, 0.15) is 13.2 Å². The summed E-state index contributed by atoms with van der Waals surface area (Å²) in [6.45, 7) is 1.69. The second-order valence-corrected chi connectivity index (χ2v) is 7.69. The number of rotatable bonds is 20. The van der Waals surface area contributed by atoms with Crippen LogP contribution in [0.2, 0.25) is 0 Å². The summed E-state index contributed by atoms with van der Waals surface area (Å²) in [5, 5.41) is 18.4. The molecule has 0 aliphatic carbocycles. The Bertz CT molecular complexity index is 418. The Morgan fingerprint density at radius 3 is 1.53 bits per heavy atom. The summed E-state index contributed by atoms with van der Waals surface area (Å²) in [5.74, 6) is -1.91. The molecule has 2 amide bonds. The van der Waals surface area contributed by atoms with Crippen molar-refractivity contribution in [1.29, 1.82) is 0 Å². The van der Waals surface area contributed by atoms with Gasteiger partial charge in [-0.15, -0.1) is 0 Å². The van der Waals surface area contributed by atoms with E-state index < -0.39 is 17.8 Å². The smallest absolute Gasteiger partial charge is 0.303 e. The summed E-state index contributed by atoms with van der Waals surface area (Å²) in [7, 11) is 0. The maximum Gasteiger partial charge on any atom is 0.303 e. The number of hydrogen-bond acceptors (Lipinski definition) is 5. The molecule has 0 aliphatic heterocycles. The van der Waals surface area contributed by atoms with Gasteiger partial charge >= 0.3 is 5.97 Å². The average molecular weight is 433 g/mol. The molecule has 178 valence electrons. The lowest BCUT2D eigenvalue weighted by molar-refractivity contribution is -0.137. The largest absolute Gasteiger partial charge is 0.481 e. The van der Waals surface area contributed by atoms with Crippen molar-refractivity contribution in [1.82, 2.24) is 0 Å². The van der Waals surface area contributed by atoms with Crippen LogP contribution in [0.25, 0.3) is 0 Å². The van der Waals surface area contributed by atoms with E-state index in [0.717, 1.165) is 38.5 Å². The minimum atomic E-state index is -0.678. The number of nitrogens with two attached hydrogens (primary N) is 2. The van der Waals surface area contributed by atoms with Gasteiger partial charge in [0.25, 0.3) is 0 Å². The quantitative estimate of drug-likeness (QED) is 0.217. The number of carbonyl (C=O) groups excluding carboxylic acids is 2. The maximum atomic E-state index is 10.3. The minimum absolute atomic E-state index is 0.0853. The summed E-state index contributed by atoms with van der Waals surface area (Å²) in [4.78, 5) is 30.2. The van der Waals surface area contributed by atoms with Gasteiger partial charge in [-0.05, 0) is 19.3 Å². The predicted octanol–water partition coefficient (Wildman–Crippen LogP) is 3.28. The fourth-order valence-corrected chi connectivity index (χ4v) is 2.92. The van der Waals surface area contributed by atoms with E-state index in [9.17, 15) is 19.5 Å². The van der Waals surface area contributed by atoms with Crippen LogP contribution in [-0.4, -0.2) is 47.3 Å². The number of aliphatic hydroxyl groups is 1. The Morgan fingerprint density at radius 2 is 1.13 bits per heavy atom. The van der Waals surface area contributed by atoms with Crippen molar-refractivity contribution in [2.75, 3.05) is 13.2 Å². The number of amides is 2. The van der Waals surface area contributed by atoms with Crippen LogP contribution in [0.1, 0.15) is 103 Å². The lowest BCUT2D eigenvalue weighted by Crippen LogP contribution is -2.24. The monoisotopic (exact) mass is 432 g/mol. The topological polar surface area (TPSA) is 153 Å². The van der Waals surface area contributed by atoms with E-state index >= 15 is 0 Å². The van der Waals surface area contributed by atoms with E-state index in [1.165, 1.54) is 51.4 Å². The number of carboxylic acid groups (broad SMARTS) is 1. The normalized spacial score (nSPS) is 11.4. The van der Waals surface area contributed by atoms with Crippen molar-refractivity contribution in [2.24, 2.45) is 11.5 Å². The van der Waals surface area contributed by atoms with Crippen LogP contribution in [0.3, 0.4) is 0 Å². The molecule has 0 aromatic rings. The Labute approximate surface area is 181 Å². The highest BCUT2D eigenvalue weighted by Gasteiger charge is 2.03. The summed E-state index contributed by atoms with van der Waals surface area (Å²) >= 11 is 0. The van der Waals surface area contributed by atoms with Crippen LogP contribution in [0, 0.1) is 0 Å². The molecule has 30 heavy (non-hydrogen) atoms. The number of carbonyl (C=O) groups is 3. The highest BCUT2D eigenvalue weighted by atomic mass is 16.5. The zero-order chi connectivity index (χ0) is 23.0. The van der Waals surface area contributed by atoms with Crippen LogP contribution in [0.15, 0.2) is 0 Å². The molecule has 0 radical (unpaired) electrons. The molecule has 0 heterocycles. The molecule has 0 saturated carbocycles. The number of carboxylic acids is 1. The molecule has 0 bridgehead atoms. The van der Waals surface area contributed by atoms with Gasteiger partial charge in [-0.25, -0.2) is 0 Å². The van der Waals surface area contributed by atoms with Gasteiger partial charge in [0.05, 0.1) is 6.10 Å². The van der Waals surface area contributed by atoms with E-state index in [0.29, 0.717) is 6.42 Å². The lowest BCUT2D eigenvalue weighted by atomic mass is 10.0. The highest BCUT2D eigenvalue weighted by molar-refractivity contribution is 5.77. The number of aliphatic carboxylic acids is 1. The van der Waals surface area contributed by atoms with Crippen molar-refractivity contribution in [3.05, 3.63) is 0 Å². The number of hydrogen-bond donors (Lipinski definition) is 4. The van der Waals surface area contributed by atoms with Crippen molar-refractivity contribution in [3.63, 3.8) is 0 Å². The fraction of sp³-hybridized carbons (Fsp3) is 0.864. The van der Waals surface area contributed by atoms with Gasteiger partial charge in [0.2, 0.25) is 11.8 Å². The van der Waals surface area contributed by atoms with Crippen LogP contribution in [0.4, 0.5) is 0 Å². The minimum Gasteiger partial charge on any atom is -0.481 e. The van der Waals surface area contributed by atoms with Crippen LogP contribution in [-0.2, 0) is 19.1 Å². The van der Waals surface area contributed by atoms with Gasteiger partial charge < -0.3 is 26.4 Å². The zero-order valence-corrected chi connectivity index (χ0v) is 18.8. The van der Waals surface area contributed by atoms with E-state index in [1.807, 2.05) is 0 Å². The molecule has 0 rings (SSSR count). The van der Waals surface area contributed by atoms with Crippen molar-refractivity contribution in [3.8, 4) is 0 Å². The molecule has 0 spiro atoms. The first kappa shape index (κ1) is 30.5. The molecule has 0 aromatic carbocycles. The first-order valence-corrected chi connectivity index (χ1v) is 11.3. The molecule has 6 N–H and O–H groups in total. The first-order valence-electron chi connectivity index (χ1n) is 11.3. The third-order valence-corrected chi connectivity index (χ3v) is 4.56. The number of ether oxygens (including phenoxy) is 1. The Hall–Kier alpha value is -1.67. The number of aliphatic hydroxyl groups excluding tert-OH is 1. The molecule has 0 aromatic heterocycles. The third-order valence-electron chi connectivity index (χ3n) is 4.56. The second-order valence-electron chi connectivity index (χ2n) is 7.69. The molecule has 0 aliphatic rings. The molecule has 8 nitrogen and oxygen atoms in total. The summed E-state index contributed by atoms with van der Waals surface area (Å²) in [6.07, 6.45) is 16.3.